The van der Waals surface area contributed by atoms with E-state index in [0.717, 1.165) is 30.8 Å². The summed E-state index contributed by atoms with van der Waals surface area (Å²) in [6.07, 6.45) is 7.82. The van der Waals surface area contributed by atoms with Crippen LogP contribution in [0.2, 0.25) is 0 Å². The first kappa shape index (κ1) is 17.7. The SMILES string of the molecule is Fc1ccc(CN(C2CCCC2)[C@H]2CCCNC2)c(-c2ccccc2)c1. The Balaban J connectivity index is 1.64. The summed E-state index contributed by atoms with van der Waals surface area (Å²) in [5.41, 5.74) is 3.39. The number of halogens is 1. The first-order valence-corrected chi connectivity index (χ1v) is 10.1. The highest BCUT2D eigenvalue weighted by Crippen LogP contribution is 2.32. The molecular formula is C23H29FN2. The molecule has 0 unspecified atom stereocenters. The van der Waals surface area contributed by atoms with Crippen LogP contribution in [0, 0.1) is 5.82 Å². The minimum absolute atomic E-state index is 0.153. The van der Waals surface area contributed by atoms with Crippen molar-refractivity contribution in [2.75, 3.05) is 13.1 Å². The maximum atomic E-state index is 14.0. The summed E-state index contributed by atoms with van der Waals surface area (Å²) in [7, 11) is 0. The van der Waals surface area contributed by atoms with Gasteiger partial charge in [-0.1, -0.05) is 49.2 Å². The van der Waals surface area contributed by atoms with Crippen LogP contribution in [-0.4, -0.2) is 30.1 Å². The molecule has 2 aromatic carbocycles. The number of rotatable bonds is 5. The van der Waals surface area contributed by atoms with Crippen molar-refractivity contribution in [1.82, 2.24) is 10.2 Å². The smallest absolute Gasteiger partial charge is 0.123 e. The molecule has 1 heterocycles. The van der Waals surface area contributed by atoms with Crippen LogP contribution in [-0.2, 0) is 6.54 Å². The third-order valence-electron chi connectivity index (χ3n) is 6.04. The second-order valence-electron chi connectivity index (χ2n) is 7.78. The summed E-state index contributed by atoms with van der Waals surface area (Å²) in [6.45, 7) is 3.14. The zero-order valence-electron chi connectivity index (χ0n) is 15.5. The summed E-state index contributed by atoms with van der Waals surface area (Å²) in [4.78, 5) is 2.72. The minimum atomic E-state index is -0.153. The van der Waals surface area contributed by atoms with E-state index < -0.39 is 0 Å². The van der Waals surface area contributed by atoms with Crippen molar-refractivity contribution in [2.24, 2.45) is 0 Å². The molecular weight excluding hydrogens is 323 g/mol. The molecule has 0 bridgehead atoms. The van der Waals surface area contributed by atoms with Crippen LogP contribution >= 0.6 is 0 Å². The topological polar surface area (TPSA) is 15.3 Å². The Hall–Kier alpha value is -1.71. The maximum Gasteiger partial charge on any atom is 0.123 e. The van der Waals surface area contributed by atoms with E-state index in [-0.39, 0.29) is 5.82 Å². The molecule has 0 radical (unpaired) electrons. The molecule has 3 heteroatoms. The number of nitrogens with zero attached hydrogens (tertiary/aromatic N) is 1. The molecule has 2 aliphatic rings. The Kier molecular flexibility index (Phi) is 5.66. The number of piperidine rings is 1. The highest BCUT2D eigenvalue weighted by Gasteiger charge is 2.30. The van der Waals surface area contributed by atoms with Gasteiger partial charge in [0.05, 0.1) is 0 Å². The summed E-state index contributed by atoms with van der Waals surface area (Å²) in [5.74, 6) is -0.153. The molecule has 1 aliphatic heterocycles. The van der Waals surface area contributed by atoms with Gasteiger partial charge in [-0.2, -0.15) is 0 Å². The fraction of sp³-hybridized carbons (Fsp3) is 0.478. The van der Waals surface area contributed by atoms with E-state index in [1.165, 1.54) is 44.1 Å². The molecule has 26 heavy (non-hydrogen) atoms. The Morgan fingerprint density at radius 2 is 1.69 bits per heavy atom. The van der Waals surface area contributed by atoms with Gasteiger partial charge in [0.2, 0.25) is 0 Å². The highest BCUT2D eigenvalue weighted by molar-refractivity contribution is 5.67. The van der Waals surface area contributed by atoms with Crippen molar-refractivity contribution in [2.45, 2.75) is 57.2 Å². The molecule has 1 atom stereocenters. The average Bonchev–Trinajstić information content (AvgIpc) is 3.23. The lowest BCUT2D eigenvalue weighted by molar-refractivity contribution is 0.106. The van der Waals surface area contributed by atoms with Gasteiger partial charge in [-0.25, -0.2) is 4.39 Å². The Morgan fingerprint density at radius 3 is 2.42 bits per heavy atom. The Morgan fingerprint density at radius 1 is 0.923 bits per heavy atom. The second kappa shape index (κ2) is 8.32. The molecule has 0 aromatic heterocycles. The third-order valence-corrected chi connectivity index (χ3v) is 6.04. The van der Waals surface area contributed by atoms with E-state index in [1.807, 2.05) is 24.3 Å². The van der Waals surface area contributed by atoms with Crippen LogP contribution in [0.1, 0.15) is 44.1 Å². The molecule has 0 spiro atoms. The highest BCUT2D eigenvalue weighted by atomic mass is 19.1. The van der Waals surface area contributed by atoms with Gasteiger partial charge in [-0.15, -0.1) is 0 Å². The lowest BCUT2D eigenvalue weighted by atomic mass is 9.96. The fourth-order valence-corrected chi connectivity index (χ4v) is 4.68. The zero-order chi connectivity index (χ0) is 17.8. The quantitative estimate of drug-likeness (QED) is 0.815. The zero-order valence-corrected chi connectivity index (χ0v) is 15.5. The molecule has 1 aliphatic carbocycles. The first-order valence-electron chi connectivity index (χ1n) is 10.1. The van der Waals surface area contributed by atoms with Gasteiger partial charge in [-0.05, 0) is 61.1 Å². The van der Waals surface area contributed by atoms with Gasteiger partial charge in [-0.3, -0.25) is 4.90 Å². The molecule has 2 aromatic rings. The first-order chi connectivity index (χ1) is 12.8. The van der Waals surface area contributed by atoms with Gasteiger partial charge >= 0.3 is 0 Å². The van der Waals surface area contributed by atoms with Gasteiger partial charge in [0, 0.05) is 25.2 Å². The van der Waals surface area contributed by atoms with Crippen LogP contribution < -0.4 is 5.32 Å². The second-order valence-corrected chi connectivity index (χ2v) is 7.78. The molecule has 2 fully saturated rings. The predicted octanol–water partition coefficient (Wildman–Crippen LogP) is 4.99. The van der Waals surface area contributed by atoms with E-state index in [9.17, 15) is 4.39 Å². The molecule has 1 saturated heterocycles. The number of hydrogen-bond acceptors (Lipinski definition) is 2. The van der Waals surface area contributed by atoms with Crippen molar-refractivity contribution in [1.29, 1.82) is 0 Å². The van der Waals surface area contributed by atoms with Gasteiger partial charge in [0.25, 0.3) is 0 Å². The van der Waals surface area contributed by atoms with Crippen LogP contribution in [0.4, 0.5) is 4.39 Å². The minimum Gasteiger partial charge on any atom is -0.315 e. The number of hydrogen-bond donors (Lipinski definition) is 1. The maximum absolute atomic E-state index is 14.0. The molecule has 138 valence electrons. The van der Waals surface area contributed by atoms with Crippen LogP contribution in [0.3, 0.4) is 0 Å². The predicted molar refractivity (Wildman–Crippen MR) is 106 cm³/mol. The summed E-state index contributed by atoms with van der Waals surface area (Å²) in [6, 6.07) is 16.8. The van der Waals surface area contributed by atoms with Crippen LogP contribution in [0.5, 0.6) is 0 Å². The normalized spacial score (nSPS) is 21.4. The molecule has 1 N–H and O–H groups in total. The summed E-state index contributed by atoms with van der Waals surface area (Å²) < 4.78 is 14.0. The van der Waals surface area contributed by atoms with Crippen molar-refractivity contribution < 1.29 is 4.39 Å². The van der Waals surface area contributed by atoms with Gasteiger partial charge in [0.1, 0.15) is 5.82 Å². The van der Waals surface area contributed by atoms with Crippen LogP contribution in [0.25, 0.3) is 11.1 Å². The van der Waals surface area contributed by atoms with E-state index in [0.29, 0.717) is 12.1 Å². The van der Waals surface area contributed by atoms with Crippen molar-refractivity contribution in [3.05, 3.63) is 59.9 Å². The van der Waals surface area contributed by atoms with E-state index in [2.05, 4.69) is 22.3 Å². The Bertz CT molecular complexity index is 703. The fourth-order valence-electron chi connectivity index (χ4n) is 4.68. The lowest BCUT2D eigenvalue weighted by Crippen LogP contribution is -2.49. The summed E-state index contributed by atoms with van der Waals surface area (Å²) in [5, 5.41) is 3.58. The largest absolute Gasteiger partial charge is 0.315 e. The van der Waals surface area contributed by atoms with Gasteiger partial charge < -0.3 is 5.32 Å². The molecule has 4 rings (SSSR count). The molecule has 0 amide bonds. The van der Waals surface area contributed by atoms with Crippen molar-refractivity contribution >= 4 is 0 Å². The molecule has 1 saturated carbocycles. The van der Waals surface area contributed by atoms with Gasteiger partial charge in [0.15, 0.2) is 0 Å². The monoisotopic (exact) mass is 352 g/mol. The Labute approximate surface area is 156 Å². The van der Waals surface area contributed by atoms with Crippen molar-refractivity contribution in [3.63, 3.8) is 0 Å². The standard InChI is InChI=1S/C23H29FN2/c24-20-13-12-19(23(15-20)18-7-2-1-3-8-18)17-26(21-9-4-5-10-21)22-11-6-14-25-16-22/h1-3,7-8,12-13,15,21-22,25H,4-6,9-11,14,16-17H2/t22-/m0/s1. The van der Waals surface area contributed by atoms with Crippen LogP contribution in [0.15, 0.2) is 48.5 Å². The number of benzene rings is 2. The van der Waals surface area contributed by atoms with E-state index in [4.69, 9.17) is 0 Å². The average molecular weight is 352 g/mol. The summed E-state index contributed by atoms with van der Waals surface area (Å²) >= 11 is 0. The molecule has 2 nitrogen and oxygen atoms in total. The van der Waals surface area contributed by atoms with E-state index in [1.54, 1.807) is 12.1 Å². The third kappa shape index (κ3) is 3.99. The van der Waals surface area contributed by atoms with Crippen molar-refractivity contribution in [3.8, 4) is 11.1 Å². The van der Waals surface area contributed by atoms with E-state index >= 15 is 0 Å². The lowest BCUT2D eigenvalue weighted by Gasteiger charge is -2.39. The number of nitrogens with one attached hydrogen (secondary N) is 1.